The molecule has 0 fully saturated rings. The summed E-state index contributed by atoms with van der Waals surface area (Å²) in [7, 11) is 3.22. The maximum atomic E-state index is 11.2. The van der Waals surface area contributed by atoms with Crippen LogP contribution in [0.25, 0.3) is 0 Å². The van der Waals surface area contributed by atoms with E-state index in [1.165, 1.54) is 0 Å². The molecule has 0 aliphatic carbocycles. The van der Waals surface area contributed by atoms with Crippen molar-refractivity contribution in [2.24, 2.45) is 0 Å². The van der Waals surface area contributed by atoms with Gasteiger partial charge in [0, 0.05) is 19.6 Å². The Hall–Kier alpha value is -1.75. The summed E-state index contributed by atoms with van der Waals surface area (Å²) in [5, 5.41) is 28.8. The van der Waals surface area contributed by atoms with Gasteiger partial charge in [0.1, 0.15) is 0 Å². The molecule has 0 spiro atoms. The minimum absolute atomic E-state index is 0.380. The lowest BCUT2D eigenvalue weighted by Crippen LogP contribution is -2.47. The van der Waals surface area contributed by atoms with Gasteiger partial charge >= 0.3 is 17.9 Å². The summed E-state index contributed by atoms with van der Waals surface area (Å²) < 4.78 is 13.0. The minimum Gasteiger partial charge on any atom is -0.467 e. The Labute approximate surface area is 127 Å². The van der Waals surface area contributed by atoms with Crippen LogP contribution in [0.4, 0.5) is 0 Å². The molecule has 0 rings (SSSR count). The van der Waals surface area contributed by atoms with Gasteiger partial charge < -0.3 is 29.5 Å². The van der Waals surface area contributed by atoms with Gasteiger partial charge in [-0.2, -0.15) is 0 Å². The van der Waals surface area contributed by atoms with E-state index in [2.05, 4.69) is 14.2 Å². The molecule has 0 bridgehead atoms. The third-order valence-electron chi connectivity index (χ3n) is 2.71. The number of esters is 3. The van der Waals surface area contributed by atoms with E-state index in [-0.39, 0.29) is 19.6 Å². The van der Waals surface area contributed by atoms with Crippen molar-refractivity contribution in [3.8, 4) is 0 Å². The van der Waals surface area contributed by atoms with Crippen molar-refractivity contribution < 1.29 is 43.9 Å². The van der Waals surface area contributed by atoms with Crippen molar-refractivity contribution in [2.45, 2.75) is 18.3 Å². The van der Waals surface area contributed by atoms with Crippen LogP contribution < -0.4 is 0 Å². The van der Waals surface area contributed by atoms with Crippen molar-refractivity contribution in [3.05, 3.63) is 0 Å². The van der Waals surface area contributed by atoms with Crippen molar-refractivity contribution in [3.63, 3.8) is 0 Å². The van der Waals surface area contributed by atoms with Crippen LogP contribution in [0.1, 0.15) is 0 Å². The summed E-state index contributed by atoms with van der Waals surface area (Å²) in [5.41, 5.74) is 0. The number of ether oxygens (including phenoxy) is 3. The van der Waals surface area contributed by atoms with Crippen LogP contribution in [0, 0.1) is 0 Å². The van der Waals surface area contributed by atoms with Gasteiger partial charge in [-0.15, -0.1) is 0 Å². The maximum absolute atomic E-state index is 11.2. The predicted octanol–water partition coefficient (Wildman–Crippen LogP) is -3.11. The Morgan fingerprint density at radius 2 is 0.955 bits per heavy atom. The van der Waals surface area contributed by atoms with Crippen molar-refractivity contribution >= 4 is 17.9 Å². The minimum atomic E-state index is -1.58. The summed E-state index contributed by atoms with van der Waals surface area (Å²) >= 11 is 0. The highest BCUT2D eigenvalue weighted by Crippen LogP contribution is 2.02. The molecule has 10 nitrogen and oxygen atoms in total. The molecular formula is C12H21NO9. The van der Waals surface area contributed by atoms with E-state index in [1.54, 1.807) is 0 Å². The first kappa shape index (κ1) is 20.2. The van der Waals surface area contributed by atoms with Gasteiger partial charge in [0.2, 0.25) is 0 Å². The lowest BCUT2D eigenvalue weighted by Gasteiger charge is -2.26. The number of nitrogens with zero attached hydrogens (tertiary/aromatic N) is 1. The maximum Gasteiger partial charge on any atom is 0.336 e. The van der Waals surface area contributed by atoms with Crippen molar-refractivity contribution in [2.75, 3.05) is 41.0 Å². The summed E-state index contributed by atoms with van der Waals surface area (Å²) in [6.07, 6.45) is -4.75. The van der Waals surface area contributed by atoms with Gasteiger partial charge in [0.25, 0.3) is 0 Å². The van der Waals surface area contributed by atoms with Gasteiger partial charge in [-0.1, -0.05) is 0 Å². The first-order chi connectivity index (χ1) is 10.3. The van der Waals surface area contributed by atoms with Crippen LogP contribution in [0.15, 0.2) is 0 Å². The van der Waals surface area contributed by atoms with E-state index in [1.807, 2.05) is 0 Å². The fourth-order valence-electron chi connectivity index (χ4n) is 1.59. The van der Waals surface area contributed by atoms with Crippen LogP contribution in [-0.4, -0.2) is 97.4 Å². The van der Waals surface area contributed by atoms with Gasteiger partial charge in [0.05, 0.1) is 21.3 Å². The highest BCUT2D eigenvalue weighted by Gasteiger charge is 2.28. The van der Waals surface area contributed by atoms with Gasteiger partial charge in [-0.05, 0) is 0 Å². The van der Waals surface area contributed by atoms with Gasteiger partial charge in [-0.25, -0.2) is 14.4 Å². The molecule has 0 saturated carbocycles. The molecule has 128 valence electrons. The van der Waals surface area contributed by atoms with E-state index in [0.717, 1.165) is 26.2 Å². The SMILES string of the molecule is COC(=O)C(O)CN(CC(O)C(=O)OC)CC(O)C(=O)OC. The molecule has 0 radical (unpaired) electrons. The zero-order valence-electron chi connectivity index (χ0n) is 12.6. The van der Waals surface area contributed by atoms with Gasteiger partial charge in [-0.3, -0.25) is 4.90 Å². The molecule has 3 atom stereocenters. The smallest absolute Gasteiger partial charge is 0.336 e. The molecule has 10 heteroatoms. The molecule has 22 heavy (non-hydrogen) atoms. The van der Waals surface area contributed by atoms with Crippen LogP contribution in [0.2, 0.25) is 0 Å². The molecule has 3 N–H and O–H groups in total. The average molecular weight is 323 g/mol. The van der Waals surface area contributed by atoms with Gasteiger partial charge in [0.15, 0.2) is 18.3 Å². The fraction of sp³-hybridized carbons (Fsp3) is 0.750. The topological polar surface area (TPSA) is 143 Å². The number of methoxy groups -OCH3 is 3. The second-order valence-corrected chi connectivity index (χ2v) is 4.34. The Morgan fingerprint density at radius 1 is 0.727 bits per heavy atom. The fourth-order valence-corrected chi connectivity index (χ4v) is 1.59. The quantitative estimate of drug-likeness (QED) is 0.295. The van der Waals surface area contributed by atoms with Crippen LogP contribution in [-0.2, 0) is 28.6 Å². The first-order valence-electron chi connectivity index (χ1n) is 6.26. The Balaban J connectivity index is 4.86. The number of rotatable bonds is 9. The molecule has 0 aromatic carbocycles. The van der Waals surface area contributed by atoms with E-state index in [0.29, 0.717) is 0 Å². The van der Waals surface area contributed by atoms with E-state index in [4.69, 9.17) is 0 Å². The number of aliphatic hydroxyl groups excluding tert-OH is 3. The lowest BCUT2D eigenvalue weighted by atomic mass is 10.2. The standard InChI is InChI=1S/C12H21NO9/c1-20-10(17)7(14)4-13(5-8(15)11(18)21-2)6-9(16)12(19)22-3/h7-9,14-16H,4-6H2,1-3H3. The number of carbonyl (C=O) groups is 3. The average Bonchev–Trinajstić information content (AvgIpc) is 2.51. The number of carbonyl (C=O) groups excluding carboxylic acids is 3. The largest absolute Gasteiger partial charge is 0.467 e. The molecule has 0 saturated heterocycles. The molecule has 0 aliphatic heterocycles. The first-order valence-corrected chi connectivity index (χ1v) is 6.26. The van der Waals surface area contributed by atoms with Crippen LogP contribution >= 0.6 is 0 Å². The molecule has 0 heterocycles. The van der Waals surface area contributed by atoms with Crippen molar-refractivity contribution in [1.82, 2.24) is 4.90 Å². The highest BCUT2D eigenvalue weighted by molar-refractivity contribution is 5.76. The third kappa shape index (κ3) is 6.80. The monoisotopic (exact) mass is 323 g/mol. The number of hydrogen-bond acceptors (Lipinski definition) is 10. The van der Waals surface area contributed by atoms with Crippen LogP contribution in [0.3, 0.4) is 0 Å². The number of hydrogen-bond donors (Lipinski definition) is 3. The Morgan fingerprint density at radius 3 is 1.14 bits per heavy atom. The lowest BCUT2D eigenvalue weighted by molar-refractivity contribution is -0.155. The zero-order valence-corrected chi connectivity index (χ0v) is 12.6. The zero-order chi connectivity index (χ0) is 17.3. The second-order valence-electron chi connectivity index (χ2n) is 4.34. The molecule has 0 amide bonds. The summed E-state index contributed by atoms with van der Waals surface area (Å²) in [5.74, 6) is -2.82. The molecule has 0 aromatic heterocycles. The Bertz CT molecular complexity index is 330. The Kier molecular flexibility index (Phi) is 9.26. The summed E-state index contributed by atoms with van der Waals surface area (Å²) in [4.78, 5) is 34.7. The molecule has 0 aliphatic rings. The van der Waals surface area contributed by atoms with Crippen molar-refractivity contribution in [1.29, 1.82) is 0 Å². The third-order valence-corrected chi connectivity index (χ3v) is 2.71. The number of aliphatic hydroxyl groups is 3. The van der Waals surface area contributed by atoms with E-state index >= 15 is 0 Å². The molecule has 3 unspecified atom stereocenters. The predicted molar refractivity (Wildman–Crippen MR) is 70.5 cm³/mol. The normalized spacial score (nSPS) is 14.9. The molecule has 0 aromatic rings. The summed E-state index contributed by atoms with van der Waals surface area (Å²) in [6, 6.07) is 0. The van der Waals surface area contributed by atoms with E-state index < -0.39 is 36.2 Å². The summed E-state index contributed by atoms with van der Waals surface area (Å²) in [6.45, 7) is -1.14. The highest BCUT2D eigenvalue weighted by atomic mass is 16.5. The molecular weight excluding hydrogens is 302 g/mol. The van der Waals surface area contributed by atoms with Crippen LogP contribution in [0.5, 0.6) is 0 Å². The second kappa shape index (κ2) is 10.1. The van der Waals surface area contributed by atoms with E-state index in [9.17, 15) is 29.7 Å².